The number of alkyl carbamates (subject to hydrolysis) is 1. The lowest BCUT2D eigenvalue weighted by molar-refractivity contribution is 0.0473. The number of halogens is 1. The lowest BCUT2D eigenvalue weighted by Gasteiger charge is -2.33. The van der Waals surface area contributed by atoms with Crippen molar-refractivity contribution in [1.29, 1.82) is 0 Å². The van der Waals surface area contributed by atoms with Crippen molar-refractivity contribution in [3.8, 4) is 0 Å². The fourth-order valence-corrected chi connectivity index (χ4v) is 2.85. The first-order valence-electron chi connectivity index (χ1n) is 7.99. The van der Waals surface area contributed by atoms with Gasteiger partial charge in [-0.2, -0.15) is 0 Å². The van der Waals surface area contributed by atoms with Gasteiger partial charge in [0.05, 0.1) is 10.6 Å². The van der Waals surface area contributed by atoms with E-state index in [0.29, 0.717) is 42.2 Å². The predicted molar refractivity (Wildman–Crippen MR) is 94.2 cm³/mol. The van der Waals surface area contributed by atoms with Crippen molar-refractivity contribution in [2.24, 2.45) is 0 Å². The van der Waals surface area contributed by atoms with E-state index >= 15 is 0 Å². The second kappa shape index (κ2) is 7.30. The molecule has 3 N–H and O–H groups in total. The average molecular weight is 354 g/mol. The standard InChI is InChI=1S/C17H24ClN3O3/c1-17(2,3)24-16(23)20-12-6-8-21(9-7-12)15(22)13-5-4-11(19)10-14(13)18/h4-5,10,12H,6-9,19H2,1-3H3,(H,20,23). The molecule has 24 heavy (non-hydrogen) atoms. The maximum Gasteiger partial charge on any atom is 0.407 e. The maximum atomic E-state index is 12.5. The summed E-state index contributed by atoms with van der Waals surface area (Å²) in [4.78, 5) is 26.1. The van der Waals surface area contributed by atoms with Crippen molar-refractivity contribution in [2.75, 3.05) is 18.8 Å². The van der Waals surface area contributed by atoms with Gasteiger partial charge in [0, 0.05) is 24.8 Å². The summed E-state index contributed by atoms with van der Waals surface area (Å²) < 4.78 is 5.25. The van der Waals surface area contributed by atoms with E-state index in [1.54, 1.807) is 23.1 Å². The van der Waals surface area contributed by atoms with Crippen LogP contribution in [0.2, 0.25) is 5.02 Å². The number of likely N-dealkylation sites (tertiary alicyclic amines) is 1. The highest BCUT2D eigenvalue weighted by atomic mass is 35.5. The third-order valence-corrected chi connectivity index (χ3v) is 4.04. The number of carbonyl (C=O) groups is 2. The lowest BCUT2D eigenvalue weighted by Crippen LogP contribution is -2.47. The summed E-state index contributed by atoms with van der Waals surface area (Å²) in [5.74, 6) is -0.115. The Hall–Kier alpha value is -1.95. The Morgan fingerprint density at radius 2 is 1.92 bits per heavy atom. The first-order chi connectivity index (χ1) is 11.2. The van der Waals surface area contributed by atoms with E-state index in [2.05, 4.69) is 5.32 Å². The quantitative estimate of drug-likeness (QED) is 0.800. The molecule has 0 saturated carbocycles. The molecule has 1 aromatic rings. The minimum atomic E-state index is -0.521. The molecule has 2 rings (SSSR count). The molecular formula is C17H24ClN3O3. The van der Waals surface area contributed by atoms with Crippen LogP contribution in [0.1, 0.15) is 44.0 Å². The second-order valence-corrected chi connectivity index (χ2v) is 7.36. The largest absolute Gasteiger partial charge is 0.444 e. The van der Waals surface area contributed by atoms with Crippen LogP contribution in [-0.2, 0) is 4.74 Å². The summed E-state index contributed by atoms with van der Waals surface area (Å²) in [6, 6.07) is 4.89. The Morgan fingerprint density at radius 3 is 2.46 bits per heavy atom. The topological polar surface area (TPSA) is 84.7 Å². The van der Waals surface area contributed by atoms with E-state index in [1.807, 2.05) is 20.8 Å². The molecule has 1 aliphatic heterocycles. The number of nitrogens with zero attached hydrogens (tertiary/aromatic N) is 1. The molecule has 2 amide bonds. The zero-order valence-corrected chi connectivity index (χ0v) is 15.0. The Bertz CT molecular complexity index is 620. The smallest absolute Gasteiger partial charge is 0.407 e. The van der Waals surface area contributed by atoms with Gasteiger partial charge in [0.15, 0.2) is 0 Å². The van der Waals surface area contributed by atoms with Gasteiger partial charge < -0.3 is 20.7 Å². The van der Waals surface area contributed by atoms with Crippen LogP contribution in [0.5, 0.6) is 0 Å². The number of piperidine rings is 1. The number of nitrogens with one attached hydrogen (secondary N) is 1. The number of carbonyl (C=O) groups excluding carboxylic acids is 2. The highest BCUT2D eigenvalue weighted by Gasteiger charge is 2.27. The summed E-state index contributed by atoms with van der Waals surface area (Å²) >= 11 is 6.10. The second-order valence-electron chi connectivity index (χ2n) is 6.95. The van der Waals surface area contributed by atoms with Gasteiger partial charge in [0.25, 0.3) is 5.91 Å². The minimum absolute atomic E-state index is 0.00536. The van der Waals surface area contributed by atoms with E-state index in [0.717, 1.165) is 0 Å². The maximum absolute atomic E-state index is 12.5. The van der Waals surface area contributed by atoms with Gasteiger partial charge in [0.1, 0.15) is 5.60 Å². The molecule has 0 unspecified atom stereocenters. The van der Waals surface area contributed by atoms with Crippen LogP contribution in [0, 0.1) is 0 Å². The zero-order chi connectivity index (χ0) is 17.9. The molecule has 6 nitrogen and oxygen atoms in total. The number of rotatable bonds is 2. The normalized spacial score (nSPS) is 15.9. The summed E-state index contributed by atoms with van der Waals surface area (Å²) in [5.41, 5.74) is 6.11. The van der Waals surface area contributed by atoms with E-state index in [1.165, 1.54) is 0 Å². The molecule has 0 atom stereocenters. The van der Waals surface area contributed by atoms with Gasteiger partial charge in [-0.3, -0.25) is 4.79 Å². The highest BCUT2D eigenvalue weighted by molar-refractivity contribution is 6.34. The van der Waals surface area contributed by atoms with Crippen LogP contribution in [0.3, 0.4) is 0 Å². The molecule has 1 fully saturated rings. The summed E-state index contributed by atoms with van der Waals surface area (Å²) in [5, 5.41) is 3.21. The first kappa shape index (κ1) is 18.4. The number of nitrogens with two attached hydrogens (primary N) is 1. The Morgan fingerprint density at radius 1 is 1.29 bits per heavy atom. The molecule has 0 aliphatic carbocycles. The predicted octanol–water partition coefficient (Wildman–Crippen LogP) is 3.05. The van der Waals surface area contributed by atoms with Crippen molar-refractivity contribution in [3.05, 3.63) is 28.8 Å². The summed E-state index contributed by atoms with van der Waals surface area (Å²) in [6.45, 7) is 6.58. The molecule has 1 heterocycles. The Kier molecular flexibility index (Phi) is 5.59. The van der Waals surface area contributed by atoms with Crippen LogP contribution in [0.25, 0.3) is 0 Å². The third-order valence-electron chi connectivity index (χ3n) is 3.73. The zero-order valence-electron chi connectivity index (χ0n) is 14.3. The number of ether oxygens (including phenoxy) is 1. The molecule has 0 radical (unpaired) electrons. The molecule has 0 spiro atoms. The van der Waals surface area contributed by atoms with Crippen molar-refractivity contribution >= 4 is 29.3 Å². The lowest BCUT2D eigenvalue weighted by atomic mass is 10.0. The first-order valence-corrected chi connectivity index (χ1v) is 8.37. The van der Waals surface area contributed by atoms with Crippen molar-refractivity contribution in [3.63, 3.8) is 0 Å². The monoisotopic (exact) mass is 353 g/mol. The number of nitrogen functional groups attached to an aromatic ring is 1. The van der Waals surface area contributed by atoms with Crippen molar-refractivity contribution in [1.82, 2.24) is 10.2 Å². The van der Waals surface area contributed by atoms with Gasteiger partial charge in [0.2, 0.25) is 0 Å². The van der Waals surface area contributed by atoms with Crippen LogP contribution >= 0.6 is 11.6 Å². The molecule has 132 valence electrons. The van der Waals surface area contributed by atoms with Crippen LogP contribution in [0.15, 0.2) is 18.2 Å². The minimum Gasteiger partial charge on any atom is -0.444 e. The Labute approximate surface area is 147 Å². The number of hydrogen-bond donors (Lipinski definition) is 2. The van der Waals surface area contributed by atoms with E-state index in [4.69, 9.17) is 22.1 Å². The molecule has 1 aliphatic rings. The van der Waals surface area contributed by atoms with E-state index in [9.17, 15) is 9.59 Å². The van der Waals surface area contributed by atoms with E-state index < -0.39 is 11.7 Å². The van der Waals surface area contributed by atoms with Crippen LogP contribution in [0.4, 0.5) is 10.5 Å². The van der Waals surface area contributed by atoms with Crippen LogP contribution < -0.4 is 11.1 Å². The highest BCUT2D eigenvalue weighted by Crippen LogP contribution is 2.22. The third kappa shape index (κ3) is 5.03. The average Bonchev–Trinajstić information content (AvgIpc) is 2.45. The fraction of sp³-hybridized carbons (Fsp3) is 0.529. The fourth-order valence-electron chi connectivity index (χ4n) is 2.58. The molecule has 1 saturated heterocycles. The summed E-state index contributed by atoms with van der Waals surface area (Å²) in [6.07, 6.45) is 0.934. The number of amides is 2. The van der Waals surface area contributed by atoms with Gasteiger partial charge in [-0.15, -0.1) is 0 Å². The van der Waals surface area contributed by atoms with Crippen LogP contribution in [-0.4, -0.2) is 41.6 Å². The van der Waals surface area contributed by atoms with E-state index in [-0.39, 0.29) is 11.9 Å². The summed E-state index contributed by atoms with van der Waals surface area (Å²) in [7, 11) is 0. The van der Waals surface area contributed by atoms with Gasteiger partial charge in [-0.05, 0) is 51.8 Å². The number of anilines is 1. The van der Waals surface area contributed by atoms with Crippen molar-refractivity contribution in [2.45, 2.75) is 45.3 Å². The molecule has 1 aromatic carbocycles. The number of benzene rings is 1. The van der Waals surface area contributed by atoms with Gasteiger partial charge in [-0.1, -0.05) is 11.6 Å². The van der Waals surface area contributed by atoms with Gasteiger partial charge >= 0.3 is 6.09 Å². The molecule has 7 heteroatoms. The SMILES string of the molecule is CC(C)(C)OC(=O)NC1CCN(C(=O)c2ccc(N)cc2Cl)CC1. The molecular weight excluding hydrogens is 330 g/mol. The Balaban J connectivity index is 1.88. The molecule has 0 bridgehead atoms. The van der Waals surface area contributed by atoms with Gasteiger partial charge in [-0.25, -0.2) is 4.79 Å². The number of hydrogen-bond acceptors (Lipinski definition) is 4. The van der Waals surface area contributed by atoms with Crippen molar-refractivity contribution < 1.29 is 14.3 Å². The molecule has 0 aromatic heterocycles.